The van der Waals surface area contributed by atoms with E-state index in [1.54, 1.807) is 12.1 Å². The van der Waals surface area contributed by atoms with Crippen molar-refractivity contribution in [2.24, 2.45) is 5.92 Å². The average Bonchev–Trinajstić information content (AvgIpc) is 3.43. The predicted octanol–water partition coefficient (Wildman–Crippen LogP) is 5.23. The Morgan fingerprint density at radius 3 is 2.60 bits per heavy atom. The van der Waals surface area contributed by atoms with Crippen LogP contribution >= 0.6 is 0 Å². The number of hydrogen-bond donors (Lipinski definition) is 2. The van der Waals surface area contributed by atoms with E-state index in [9.17, 15) is 17.6 Å². The first-order chi connectivity index (χ1) is 20.6. The molecule has 3 N–H and O–H groups in total. The molecule has 0 radical (unpaired) electrons. The smallest absolute Gasteiger partial charge is 0.281 e. The van der Waals surface area contributed by atoms with Crippen LogP contribution in [0, 0.1) is 11.7 Å². The lowest BCUT2D eigenvalue weighted by Gasteiger charge is -2.28. The summed E-state index contributed by atoms with van der Waals surface area (Å²) in [5.41, 5.74) is 7.77. The average molecular weight is 604 g/mol. The van der Waals surface area contributed by atoms with E-state index in [1.165, 1.54) is 36.4 Å². The molecule has 1 fully saturated rings. The Bertz CT molecular complexity index is 1720. The number of sulfonamides is 1. The van der Waals surface area contributed by atoms with Gasteiger partial charge < -0.3 is 15.4 Å². The Morgan fingerprint density at radius 1 is 1.07 bits per heavy atom. The van der Waals surface area contributed by atoms with Crippen molar-refractivity contribution in [3.63, 3.8) is 0 Å². The molecule has 3 heterocycles. The molecule has 4 aromatic rings. The number of anilines is 2. The maximum absolute atomic E-state index is 14.7. The number of rotatable bonds is 10. The molecule has 5 rings (SSSR count). The van der Waals surface area contributed by atoms with E-state index in [0.717, 1.165) is 18.4 Å². The molecule has 0 spiro atoms. The Morgan fingerprint density at radius 2 is 1.86 bits per heavy atom. The van der Waals surface area contributed by atoms with Gasteiger partial charge in [0.15, 0.2) is 5.03 Å². The minimum absolute atomic E-state index is 0.00897. The second-order valence-corrected chi connectivity index (χ2v) is 12.6. The summed E-state index contributed by atoms with van der Waals surface area (Å²) in [6.45, 7) is 5.04. The summed E-state index contributed by atoms with van der Waals surface area (Å²) in [6, 6.07) is 21.7. The van der Waals surface area contributed by atoms with E-state index in [-0.39, 0.29) is 28.4 Å². The Kier molecular flexibility index (Phi) is 8.91. The third-order valence-corrected chi connectivity index (χ3v) is 8.31. The van der Waals surface area contributed by atoms with E-state index >= 15 is 0 Å². The number of amides is 1. The van der Waals surface area contributed by atoms with Gasteiger partial charge in [-0.15, -0.1) is 0 Å². The van der Waals surface area contributed by atoms with Gasteiger partial charge in [0.25, 0.3) is 15.9 Å². The largest absolute Gasteiger partial charge is 0.493 e. The zero-order valence-electron chi connectivity index (χ0n) is 24.0. The second kappa shape index (κ2) is 12.8. The van der Waals surface area contributed by atoms with Crippen molar-refractivity contribution in [3.8, 4) is 17.0 Å². The van der Waals surface area contributed by atoms with Crippen molar-refractivity contribution in [2.45, 2.75) is 44.2 Å². The maximum Gasteiger partial charge on any atom is 0.281 e. The highest BCUT2D eigenvalue weighted by atomic mass is 32.2. The molecule has 1 aliphatic heterocycles. The summed E-state index contributed by atoms with van der Waals surface area (Å²) in [5, 5.41) is -0.371. The first kappa shape index (κ1) is 30.0. The molecule has 43 heavy (non-hydrogen) atoms. The number of nitrogens with zero attached hydrogens (tertiary/aromatic N) is 3. The summed E-state index contributed by atoms with van der Waals surface area (Å²) in [6.07, 6.45) is 2.44. The van der Waals surface area contributed by atoms with Gasteiger partial charge in [-0.1, -0.05) is 50.2 Å². The predicted molar refractivity (Wildman–Crippen MR) is 164 cm³/mol. The molecule has 1 aliphatic rings. The number of halogens is 1. The minimum Gasteiger partial charge on any atom is -0.493 e. The van der Waals surface area contributed by atoms with Crippen molar-refractivity contribution >= 4 is 27.6 Å². The lowest BCUT2D eigenvalue weighted by molar-refractivity contribution is 0.0981. The molecule has 224 valence electrons. The number of hydrogen-bond acceptors (Lipinski definition) is 8. The van der Waals surface area contributed by atoms with Gasteiger partial charge in [-0.25, -0.2) is 19.1 Å². The Labute approximate surface area is 251 Å². The number of benzene rings is 2. The highest BCUT2D eigenvalue weighted by Crippen LogP contribution is 2.33. The van der Waals surface area contributed by atoms with Crippen LogP contribution in [0.3, 0.4) is 0 Å². The molecule has 1 atom stereocenters. The molecular formula is C32H34FN5O4S. The van der Waals surface area contributed by atoms with Crippen LogP contribution in [-0.2, 0) is 16.4 Å². The van der Waals surface area contributed by atoms with E-state index in [1.807, 2.05) is 49.1 Å². The lowest BCUT2D eigenvalue weighted by Crippen LogP contribution is -2.36. The highest BCUT2D eigenvalue weighted by Gasteiger charge is 2.31. The van der Waals surface area contributed by atoms with E-state index in [4.69, 9.17) is 15.5 Å². The van der Waals surface area contributed by atoms with Gasteiger partial charge in [0.1, 0.15) is 23.2 Å². The van der Waals surface area contributed by atoms with Crippen LogP contribution in [0.1, 0.15) is 42.6 Å². The molecule has 2 aromatic carbocycles. The number of aromatic nitrogens is 2. The molecule has 0 aliphatic carbocycles. The summed E-state index contributed by atoms with van der Waals surface area (Å²) >= 11 is 0. The van der Waals surface area contributed by atoms with Crippen molar-refractivity contribution < 1.29 is 22.3 Å². The van der Waals surface area contributed by atoms with Crippen LogP contribution in [0.5, 0.6) is 5.75 Å². The van der Waals surface area contributed by atoms with Crippen LogP contribution in [0.25, 0.3) is 11.3 Å². The van der Waals surface area contributed by atoms with Gasteiger partial charge in [0, 0.05) is 24.2 Å². The van der Waals surface area contributed by atoms with E-state index < -0.39 is 21.7 Å². The molecule has 1 unspecified atom stereocenters. The lowest BCUT2D eigenvalue weighted by atomic mass is 10.0. The molecule has 1 amide bonds. The second-order valence-electron chi connectivity index (χ2n) is 11.0. The number of carbonyl (C=O) groups excluding carboxylic acids is 1. The van der Waals surface area contributed by atoms with Crippen LogP contribution in [0.4, 0.5) is 16.0 Å². The van der Waals surface area contributed by atoms with Gasteiger partial charge in [0.05, 0.1) is 17.9 Å². The van der Waals surface area contributed by atoms with Crippen molar-refractivity contribution in [1.29, 1.82) is 0 Å². The van der Waals surface area contributed by atoms with Crippen LogP contribution in [0.2, 0.25) is 0 Å². The Hall–Kier alpha value is -4.51. The summed E-state index contributed by atoms with van der Waals surface area (Å²) in [7, 11) is -4.32. The van der Waals surface area contributed by atoms with Crippen molar-refractivity contribution in [2.75, 3.05) is 23.8 Å². The van der Waals surface area contributed by atoms with Crippen molar-refractivity contribution in [3.05, 3.63) is 95.8 Å². The van der Waals surface area contributed by atoms with E-state index in [2.05, 4.69) is 9.71 Å². The molecule has 9 nitrogen and oxygen atoms in total. The number of pyridine rings is 2. The normalized spacial score (nSPS) is 15.1. The monoisotopic (exact) mass is 603 g/mol. The number of ether oxygens (including phenoxy) is 1. The van der Waals surface area contributed by atoms with Crippen molar-refractivity contribution in [1.82, 2.24) is 14.7 Å². The molecule has 1 saturated heterocycles. The molecule has 0 saturated carbocycles. The molecular weight excluding hydrogens is 569 g/mol. The van der Waals surface area contributed by atoms with Gasteiger partial charge in [0.2, 0.25) is 0 Å². The molecule has 0 bridgehead atoms. The summed E-state index contributed by atoms with van der Waals surface area (Å²) in [4.78, 5) is 24.3. The number of nitrogens with one attached hydrogen (secondary N) is 1. The fourth-order valence-corrected chi connectivity index (χ4v) is 6.03. The zero-order valence-corrected chi connectivity index (χ0v) is 24.9. The quantitative estimate of drug-likeness (QED) is 0.252. The zero-order chi connectivity index (χ0) is 30.6. The summed E-state index contributed by atoms with van der Waals surface area (Å²) < 4.78 is 48.6. The molecule has 11 heteroatoms. The maximum atomic E-state index is 14.7. The SMILES string of the molecule is CC(C)COc1cc(F)cc(-c2ccc(C(=O)NS(=O)(=O)c3cccc(N)n3)c(N3CCCC3Cc3ccccc3)n2)c1. The van der Waals surface area contributed by atoms with Gasteiger partial charge in [-0.2, -0.15) is 8.42 Å². The third-order valence-electron chi connectivity index (χ3n) is 7.08. The Balaban J connectivity index is 1.54. The van der Waals surface area contributed by atoms with Crippen LogP contribution < -0.4 is 20.1 Å². The molecule has 2 aromatic heterocycles. The number of carbonyl (C=O) groups is 1. The van der Waals surface area contributed by atoms with E-state index in [0.29, 0.717) is 42.4 Å². The minimum atomic E-state index is -4.32. The van der Waals surface area contributed by atoms with Crippen LogP contribution in [0.15, 0.2) is 83.9 Å². The van der Waals surface area contributed by atoms with Gasteiger partial charge in [-0.3, -0.25) is 4.79 Å². The first-order valence-electron chi connectivity index (χ1n) is 14.1. The standard InChI is InChI=1S/C32H34FN5O4S/c1-21(2)20-42-26-18-23(17-24(33)19-26)28-14-13-27(32(39)37-43(40,41)30-12-6-11-29(34)36-30)31(35-28)38-15-7-10-25(38)16-22-8-4-3-5-9-22/h3-6,8-9,11-14,17-19,21,25H,7,10,15-16,20H2,1-2H3,(H2,34,36)(H,37,39). The van der Waals surface area contributed by atoms with Gasteiger partial charge >= 0.3 is 0 Å². The number of nitrogen functional groups attached to an aromatic ring is 1. The highest BCUT2D eigenvalue weighted by molar-refractivity contribution is 7.90. The topological polar surface area (TPSA) is 128 Å². The summed E-state index contributed by atoms with van der Waals surface area (Å²) in [5.74, 6) is -0.385. The first-order valence-corrected chi connectivity index (χ1v) is 15.6. The third kappa shape index (κ3) is 7.29. The number of nitrogens with two attached hydrogens (primary N) is 1. The van der Waals surface area contributed by atoms with Crippen LogP contribution in [-0.4, -0.2) is 43.5 Å². The fraction of sp³-hybridized carbons (Fsp3) is 0.281. The van der Waals surface area contributed by atoms with Gasteiger partial charge in [-0.05, 0) is 67.1 Å². The fourth-order valence-electron chi connectivity index (χ4n) is 5.08.